The summed E-state index contributed by atoms with van der Waals surface area (Å²) >= 11 is 0. The third-order valence-corrected chi connectivity index (χ3v) is 12.6. The van der Waals surface area contributed by atoms with E-state index in [1.165, 1.54) is 5.56 Å². The van der Waals surface area contributed by atoms with Crippen molar-refractivity contribution in [2.45, 2.75) is 103 Å². The number of hydrogen-bond donors (Lipinski definition) is 2. The Morgan fingerprint density at radius 2 is 1.47 bits per heavy atom. The molecule has 2 aromatic carbocycles. The highest BCUT2D eigenvalue weighted by Crippen LogP contribution is 2.49. The standard InChI is InChI=1S/C43H55N3O11S2/c1-42(2)33-17-10-11-18-35(33)44(26-12-15-29-58(50,51)52)37(42)19-7-5-8-20-38-43(3,4)34-31-32(22-23-36(34)45(38)27-13-16-30-59(53,54)55)56-28-14-6-9-21-41(49)57-46-39(47)24-25-40(46)48/h5,7-8,10-11,17-20,22-23,31H,6,9,12-16,21,24-30H2,1-4H3,(H-,50,51,52,53,54,55)/p+1. The van der Waals surface area contributed by atoms with Gasteiger partial charge in [0.15, 0.2) is 5.71 Å². The second-order valence-electron chi connectivity index (χ2n) is 16.1. The van der Waals surface area contributed by atoms with Crippen LogP contribution in [-0.2, 0) is 50.3 Å². The predicted octanol–water partition coefficient (Wildman–Crippen LogP) is 6.74. The maximum atomic E-state index is 12.1. The molecule has 5 rings (SSSR count). The number of benzene rings is 2. The van der Waals surface area contributed by atoms with Gasteiger partial charge in [0.1, 0.15) is 12.3 Å². The van der Waals surface area contributed by atoms with Crippen LogP contribution in [-0.4, -0.2) is 90.3 Å². The van der Waals surface area contributed by atoms with Gasteiger partial charge in [-0.3, -0.25) is 18.7 Å². The zero-order valence-electron chi connectivity index (χ0n) is 34.3. The lowest BCUT2D eigenvalue weighted by Crippen LogP contribution is -2.31. The maximum Gasteiger partial charge on any atom is 0.333 e. The summed E-state index contributed by atoms with van der Waals surface area (Å²) in [6, 6.07) is 14.1. The first kappa shape index (κ1) is 45.4. The van der Waals surface area contributed by atoms with Gasteiger partial charge in [-0.2, -0.15) is 21.4 Å². The highest BCUT2D eigenvalue weighted by atomic mass is 32.2. The van der Waals surface area contributed by atoms with Gasteiger partial charge in [-0.1, -0.05) is 50.3 Å². The lowest BCUT2D eigenvalue weighted by Gasteiger charge is -2.27. The topological polar surface area (TPSA) is 188 Å². The average Bonchev–Trinajstić information content (AvgIpc) is 3.67. The van der Waals surface area contributed by atoms with Crippen LogP contribution in [0.4, 0.5) is 11.4 Å². The number of fused-ring (bicyclic) bond motifs is 2. The fourth-order valence-corrected chi connectivity index (χ4v) is 9.01. The number of ether oxygens (including phenoxy) is 1. The minimum Gasteiger partial charge on any atom is -0.494 e. The van der Waals surface area contributed by atoms with Crippen LogP contribution < -0.4 is 9.64 Å². The van der Waals surface area contributed by atoms with Crippen molar-refractivity contribution in [1.29, 1.82) is 0 Å². The third-order valence-electron chi connectivity index (χ3n) is 11.0. The number of carbonyl (C=O) groups is 3. The summed E-state index contributed by atoms with van der Waals surface area (Å²) in [5, 5.41) is 0.560. The number of anilines is 1. The van der Waals surface area contributed by atoms with E-state index in [9.17, 15) is 40.3 Å². The lowest BCUT2D eigenvalue weighted by atomic mass is 9.81. The molecule has 2 aromatic rings. The summed E-state index contributed by atoms with van der Waals surface area (Å²) in [5.74, 6) is -1.53. The first-order valence-electron chi connectivity index (χ1n) is 20.1. The second kappa shape index (κ2) is 19.2. The van der Waals surface area contributed by atoms with E-state index in [1.54, 1.807) is 0 Å². The second-order valence-corrected chi connectivity index (χ2v) is 19.3. The van der Waals surface area contributed by atoms with Crippen molar-refractivity contribution in [2.24, 2.45) is 0 Å². The van der Waals surface area contributed by atoms with Gasteiger partial charge in [0.2, 0.25) is 5.69 Å². The van der Waals surface area contributed by atoms with Crippen LogP contribution >= 0.6 is 0 Å². The van der Waals surface area contributed by atoms with Gasteiger partial charge in [-0.25, -0.2) is 4.79 Å². The van der Waals surface area contributed by atoms with Crippen molar-refractivity contribution in [1.82, 2.24) is 5.06 Å². The Morgan fingerprint density at radius 3 is 2.17 bits per heavy atom. The number of allylic oxidation sites excluding steroid dienone is 6. The molecular weight excluding hydrogens is 799 g/mol. The fourth-order valence-electron chi connectivity index (χ4n) is 7.88. The molecule has 2 amide bonds. The number of nitrogens with zero attached hydrogens (tertiary/aromatic N) is 3. The number of carbonyl (C=O) groups excluding carboxylic acids is 3. The molecule has 1 saturated heterocycles. The monoisotopic (exact) mass is 854 g/mol. The summed E-state index contributed by atoms with van der Waals surface area (Å²) in [4.78, 5) is 42.6. The highest BCUT2D eigenvalue weighted by molar-refractivity contribution is 7.86. The number of rotatable bonds is 21. The Balaban J connectivity index is 1.27. The van der Waals surface area contributed by atoms with Gasteiger partial charge in [0.05, 0.1) is 23.5 Å². The van der Waals surface area contributed by atoms with Gasteiger partial charge in [0.25, 0.3) is 32.1 Å². The molecule has 0 aromatic heterocycles. The van der Waals surface area contributed by atoms with Crippen LogP contribution in [0, 0.1) is 0 Å². The quantitative estimate of drug-likeness (QED) is 0.0443. The van der Waals surface area contributed by atoms with E-state index >= 15 is 0 Å². The van der Waals surface area contributed by atoms with Gasteiger partial charge in [0, 0.05) is 66.7 Å². The van der Waals surface area contributed by atoms with E-state index in [4.69, 9.17) is 9.57 Å². The number of imide groups is 1. The molecule has 1 fully saturated rings. The number of unbranched alkanes of at least 4 members (excludes halogenated alkanes) is 4. The number of amides is 2. The van der Waals surface area contributed by atoms with Crippen molar-refractivity contribution in [3.05, 3.63) is 89.7 Å². The molecule has 59 heavy (non-hydrogen) atoms. The van der Waals surface area contributed by atoms with Crippen LogP contribution in [0.1, 0.15) is 103 Å². The predicted molar refractivity (Wildman–Crippen MR) is 225 cm³/mol. The van der Waals surface area contributed by atoms with Gasteiger partial charge >= 0.3 is 5.97 Å². The first-order chi connectivity index (χ1) is 27.8. The average molecular weight is 855 g/mol. The molecule has 2 N–H and O–H groups in total. The van der Waals surface area contributed by atoms with Crippen molar-refractivity contribution < 1.29 is 54.5 Å². The zero-order chi connectivity index (χ0) is 43.0. The molecular formula is C43H56N3O11S2+. The Labute approximate surface area is 347 Å². The fraction of sp³-hybridized carbons (Fsp3) is 0.488. The Morgan fingerprint density at radius 1 is 0.797 bits per heavy atom. The molecule has 14 nitrogen and oxygen atoms in total. The molecule has 3 heterocycles. The molecule has 0 bridgehead atoms. The van der Waals surface area contributed by atoms with Crippen LogP contribution in [0.25, 0.3) is 0 Å². The Kier molecular flexibility index (Phi) is 14.8. The van der Waals surface area contributed by atoms with E-state index in [0.717, 1.165) is 28.3 Å². The van der Waals surface area contributed by atoms with Gasteiger partial charge in [-0.15, -0.1) is 5.06 Å². The number of hydrogen-bond acceptors (Lipinski definition) is 10. The molecule has 0 aliphatic carbocycles. The van der Waals surface area contributed by atoms with E-state index in [-0.39, 0.29) is 36.2 Å². The van der Waals surface area contributed by atoms with Gasteiger partial charge < -0.3 is 14.5 Å². The molecule has 0 radical (unpaired) electrons. The Bertz CT molecular complexity index is 2240. The smallest absolute Gasteiger partial charge is 0.333 e. The summed E-state index contributed by atoms with van der Waals surface area (Å²) in [6.45, 7) is 10.1. The van der Waals surface area contributed by atoms with Crippen molar-refractivity contribution in [2.75, 3.05) is 36.1 Å². The molecule has 320 valence electrons. The first-order valence-corrected chi connectivity index (χ1v) is 23.3. The normalized spacial score (nSPS) is 18.2. The van der Waals surface area contributed by atoms with Crippen molar-refractivity contribution in [3.63, 3.8) is 0 Å². The number of para-hydroxylation sites is 1. The molecule has 0 spiro atoms. The van der Waals surface area contributed by atoms with Crippen LogP contribution in [0.3, 0.4) is 0 Å². The maximum absolute atomic E-state index is 12.1. The molecule has 3 aliphatic heterocycles. The van der Waals surface area contributed by atoms with Crippen LogP contribution in [0.15, 0.2) is 78.5 Å². The van der Waals surface area contributed by atoms with Crippen LogP contribution in [0.2, 0.25) is 0 Å². The Hall–Kier alpha value is -4.64. The van der Waals surface area contributed by atoms with Crippen molar-refractivity contribution >= 4 is 55.1 Å². The largest absolute Gasteiger partial charge is 0.494 e. The summed E-state index contributed by atoms with van der Waals surface area (Å²) < 4.78 is 72.4. The molecule has 16 heteroatoms. The summed E-state index contributed by atoms with van der Waals surface area (Å²) in [5.41, 5.74) is 5.58. The summed E-state index contributed by atoms with van der Waals surface area (Å²) in [7, 11) is -8.11. The van der Waals surface area contributed by atoms with E-state index in [2.05, 4.69) is 61.5 Å². The van der Waals surface area contributed by atoms with Gasteiger partial charge in [-0.05, 0) is 82.2 Å². The SMILES string of the molecule is CC1(C)C(/C=C/C=C/C=C2/N(CCCCS(=O)(=O)O)c3ccc(OCCCCCC(=O)ON4C(=O)CCC4=O)cc3C2(C)C)=[N+](CCCCS(=O)(=O)O)c2ccccc21. The zero-order valence-corrected chi connectivity index (χ0v) is 35.9. The highest BCUT2D eigenvalue weighted by Gasteiger charge is 2.44. The van der Waals surface area contributed by atoms with E-state index in [0.29, 0.717) is 75.5 Å². The molecule has 0 unspecified atom stereocenters. The molecule has 0 saturated carbocycles. The van der Waals surface area contributed by atoms with E-state index < -0.39 is 43.4 Å². The van der Waals surface area contributed by atoms with Crippen LogP contribution in [0.5, 0.6) is 5.75 Å². The minimum atomic E-state index is -4.08. The number of hydroxylamine groups is 2. The molecule has 0 atom stereocenters. The van der Waals surface area contributed by atoms with E-state index in [1.807, 2.05) is 48.6 Å². The lowest BCUT2D eigenvalue weighted by molar-refractivity contribution is -0.438. The minimum absolute atomic E-state index is 0.0502. The molecule has 3 aliphatic rings. The third kappa shape index (κ3) is 11.8. The van der Waals surface area contributed by atoms with Crippen molar-refractivity contribution in [3.8, 4) is 5.75 Å². The summed E-state index contributed by atoms with van der Waals surface area (Å²) in [6.07, 6.45) is 13.9.